The van der Waals surface area contributed by atoms with Gasteiger partial charge in [0.25, 0.3) is 0 Å². The van der Waals surface area contributed by atoms with Crippen LogP contribution in [0.4, 0.5) is 43.9 Å². The minimum Gasteiger partial charge on any atom is -0.508 e. The number of ether oxygens (including phenoxy) is 2. The van der Waals surface area contributed by atoms with E-state index in [1.807, 2.05) is 4.90 Å². The fourth-order valence-electron chi connectivity index (χ4n) is 7.52. The molecule has 7 rings (SSSR count). The average Bonchev–Trinajstić information content (AvgIpc) is 3.29. The van der Waals surface area contributed by atoms with Gasteiger partial charge < -0.3 is 29.7 Å². The zero-order valence-corrected chi connectivity index (χ0v) is 30.1. The van der Waals surface area contributed by atoms with E-state index in [-0.39, 0.29) is 96.0 Å². The number of aromatic nitrogens is 3. The lowest BCUT2D eigenvalue weighted by Gasteiger charge is -2.36. The van der Waals surface area contributed by atoms with Crippen LogP contribution >= 0.6 is 0 Å². The van der Waals surface area contributed by atoms with Crippen LogP contribution in [-0.4, -0.2) is 76.1 Å². The fourth-order valence-corrected chi connectivity index (χ4v) is 7.52. The van der Waals surface area contributed by atoms with Gasteiger partial charge >= 0.3 is 18.3 Å². The number of benzene rings is 2. The molecule has 292 valence electrons. The maximum Gasteiger partial charge on any atom is 0.433 e. The molecule has 1 unspecified atom stereocenters. The molecule has 0 aliphatic carbocycles. The molecule has 56 heavy (non-hydrogen) atoms. The molecule has 4 aromatic rings. The predicted octanol–water partition coefficient (Wildman–Crippen LogP) is 6.44. The number of nitrogens with zero attached hydrogens (tertiary/aromatic N) is 6. The molecular formula is C39H36F5N7O5. The first-order valence-electron chi connectivity index (χ1n) is 17.7. The summed E-state index contributed by atoms with van der Waals surface area (Å²) < 4.78 is 81.9. The van der Waals surface area contributed by atoms with E-state index in [9.17, 15) is 32.3 Å². The number of terminal acetylenes is 1. The third kappa shape index (κ3) is 7.42. The van der Waals surface area contributed by atoms with Crippen molar-refractivity contribution in [1.82, 2.24) is 20.3 Å². The largest absolute Gasteiger partial charge is 0.508 e. The van der Waals surface area contributed by atoms with Crippen molar-refractivity contribution in [2.45, 2.75) is 63.1 Å². The molecule has 2 saturated heterocycles. The van der Waals surface area contributed by atoms with Gasteiger partial charge in [-0.25, -0.2) is 18.6 Å². The van der Waals surface area contributed by atoms with E-state index in [2.05, 4.69) is 32.8 Å². The number of amides is 2. The Hall–Kier alpha value is -6.18. The summed E-state index contributed by atoms with van der Waals surface area (Å²) in [6.07, 6.45) is 3.08. The van der Waals surface area contributed by atoms with E-state index in [0.29, 0.717) is 24.8 Å². The number of pyridine rings is 1. The normalized spacial score (nSPS) is 21.2. The first-order valence-corrected chi connectivity index (χ1v) is 17.7. The molecule has 0 spiro atoms. The maximum absolute atomic E-state index is 15.1. The van der Waals surface area contributed by atoms with Gasteiger partial charge in [0.15, 0.2) is 11.6 Å². The Morgan fingerprint density at radius 1 is 1.21 bits per heavy atom. The van der Waals surface area contributed by atoms with E-state index in [0.717, 1.165) is 29.7 Å². The minimum absolute atomic E-state index is 0.00969. The number of hydrogen-bond donors (Lipinski definition) is 2. The molecule has 3 aliphatic rings. The molecule has 17 heteroatoms. The second-order valence-electron chi connectivity index (χ2n) is 14.1. The van der Waals surface area contributed by atoms with Crippen molar-refractivity contribution in [1.29, 1.82) is 0 Å². The predicted molar refractivity (Wildman–Crippen MR) is 196 cm³/mol. The molecular weight excluding hydrogens is 741 g/mol. The Morgan fingerprint density at radius 3 is 2.73 bits per heavy atom. The zero-order valence-electron chi connectivity index (χ0n) is 30.1. The monoisotopic (exact) mass is 777 g/mol. The van der Waals surface area contributed by atoms with Crippen LogP contribution in [0.15, 0.2) is 55.3 Å². The van der Waals surface area contributed by atoms with Gasteiger partial charge in [-0.1, -0.05) is 18.6 Å². The summed E-state index contributed by atoms with van der Waals surface area (Å²) in [6, 6.07) is 6.76. The third-order valence-electron chi connectivity index (χ3n) is 10.1. The van der Waals surface area contributed by atoms with E-state index in [4.69, 9.17) is 15.9 Å². The van der Waals surface area contributed by atoms with Crippen molar-refractivity contribution < 1.29 is 46.1 Å². The number of phenolic OH excluding ortho intramolecular Hbond substituents is 1. The lowest BCUT2D eigenvalue weighted by atomic mass is 9.99. The van der Waals surface area contributed by atoms with Crippen molar-refractivity contribution in [3.8, 4) is 29.9 Å². The lowest BCUT2D eigenvalue weighted by Crippen LogP contribution is -2.46. The van der Waals surface area contributed by atoms with E-state index in [1.54, 1.807) is 11.8 Å². The number of aromatic hydroxyl groups is 1. The van der Waals surface area contributed by atoms with Gasteiger partial charge in [-0.15, -0.1) is 6.42 Å². The van der Waals surface area contributed by atoms with E-state index in [1.165, 1.54) is 30.3 Å². The molecule has 5 heterocycles. The van der Waals surface area contributed by atoms with Crippen molar-refractivity contribution >= 4 is 40.0 Å². The molecule has 3 aliphatic heterocycles. The molecule has 2 aromatic carbocycles. The molecule has 2 aromatic heterocycles. The highest BCUT2D eigenvalue weighted by atomic mass is 19.4. The standard InChI is InChI=1S/C39H36F5N7O5/c1-4-27-28(41)11-9-22-14-26(52)15-30(33(22)27)50-20-29-34(56-37(50)54)35(49-13-7-6-8-24(19-49)46-32(53)5-2)48-36(47-29)55-21-38(3)16-23(40)18-51(38)25-10-12-31(45-17-25)39(42,43)44/h1,5,9-12,14-15,17,23-24,52H,2,6-8,13,16,18-21H2,3H3,(H,46,53)/t23-,24?,38+/m1/s1. The number of hydrogen-bond acceptors (Lipinski definition) is 10. The highest BCUT2D eigenvalue weighted by Gasteiger charge is 2.44. The number of carbonyl (C=O) groups is 2. The SMILES string of the molecule is C#Cc1c(F)ccc2cc(O)cc(N3Cc4nc(OC[C@]5(C)C[C@@H](F)CN5c5ccc(C(F)(F)F)nc5)nc(N5CCCCC(NC(=O)C=C)C5)c4OC3=O)c12. The number of carbonyl (C=O) groups excluding carboxylic acids is 2. The Balaban J connectivity index is 1.27. The van der Waals surface area contributed by atoms with E-state index < -0.39 is 35.5 Å². The van der Waals surface area contributed by atoms with Crippen molar-refractivity contribution in [3.63, 3.8) is 0 Å². The summed E-state index contributed by atoms with van der Waals surface area (Å²) in [5.74, 6) is 1.21. The summed E-state index contributed by atoms with van der Waals surface area (Å²) in [6.45, 7) is 5.33. The van der Waals surface area contributed by atoms with Crippen LogP contribution < -0.4 is 29.5 Å². The first kappa shape index (κ1) is 38.1. The van der Waals surface area contributed by atoms with Gasteiger partial charge in [-0.2, -0.15) is 23.1 Å². The lowest BCUT2D eigenvalue weighted by molar-refractivity contribution is -0.141. The molecule has 0 radical (unpaired) electrons. The van der Waals surface area contributed by atoms with Gasteiger partial charge in [0.05, 0.1) is 41.8 Å². The van der Waals surface area contributed by atoms with Crippen LogP contribution in [0.1, 0.15) is 49.6 Å². The Kier molecular flexibility index (Phi) is 10.1. The van der Waals surface area contributed by atoms with Crippen LogP contribution in [0.5, 0.6) is 17.5 Å². The number of anilines is 3. The Labute approximate surface area is 317 Å². The third-order valence-corrected chi connectivity index (χ3v) is 10.1. The molecule has 12 nitrogen and oxygen atoms in total. The smallest absolute Gasteiger partial charge is 0.433 e. The number of halogens is 5. The first-order chi connectivity index (χ1) is 26.7. The van der Waals surface area contributed by atoms with Gasteiger partial charge in [-0.3, -0.25) is 9.69 Å². The van der Waals surface area contributed by atoms with Crippen molar-refractivity contribution in [2.75, 3.05) is 40.9 Å². The summed E-state index contributed by atoms with van der Waals surface area (Å²) in [5.41, 5.74) is -1.82. The van der Waals surface area contributed by atoms with Crippen molar-refractivity contribution in [3.05, 3.63) is 78.0 Å². The highest BCUT2D eigenvalue weighted by molar-refractivity contribution is 6.06. The van der Waals surface area contributed by atoms with E-state index >= 15 is 4.39 Å². The topological polar surface area (TPSA) is 133 Å². The second kappa shape index (κ2) is 14.8. The van der Waals surface area contributed by atoms with Gasteiger partial charge in [-0.05, 0) is 61.9 Å². The summed E-state index contributed by atoms with van der Waals surface area (Å²) in [4.78, 5) is 43.5. The quantitative estimate of drug-likeness (QED) is 0.117. The number of nitrogens with one attached hydrogen (secondary N) is 1. The molecule has 2 amide bonds. The van der Waals surface area contributed by atoms with Crippen molar-refractivity contribution in [2.24, 2.45) is 0 Å². The molecule has 0 saturated carbocycles. The summed E-state index contributed by atoms with van der Waals surface area (Å²) >= 11 is 0. The Bertz CT molecular complexity index is 2250. The van der Waals surface area contributed by atoms with Crippen LogP contribution in [0.3, 0.4) is 0 Å². The Morgan fingerprint density at radius 2 is 2.02 bits per heavy atom. The number of fused-ring (bicyclic) bond motifs is 2. The second-order valence-corrected chi connectivity index (χ2v) is 14.1. The maximum atomic E-state index is 15.1. The highest BCUT2D eigenvalue weighted by Crippen LogP contribution is 2.42. The van der Waals surface area contributed by atoms with Gasteiger partial charge in [0.1, 0.15) is 35.7 Å². The van der Waals surface area contributed by atoms with Crippen LogP contribution in [0, 0.1) is 18.2 Å². The minimum atomic E-state index is -4.65. The number of phenols is 1. The van der Waals surface area contributed by atoms with Crippen LogP contribution in [0.2, 0.25) is 0 Å². The van der Waals surface area contributed by atoms with Crippen LogP contribution in [-0.2, 0) is 17.5 Å². The van der Waals surface area contributed by atoms with Gasteiger partial charge in [0, 0.05) is 37.0 Å². The summed E-state index contributed by atoms with van der Waals surface area (Å²) in [5, 5.41) is 14.1. The molecule has 2 fully saturated rings. The van der Waals surface area contributed by atoms with Crippen LogP contribution in [0.25, 0.3) is 10.8 Å². The molecule has 2 N–H and O–H groups in total. The summed E-state index contributed by atoms with van der Waals surface area (Å²) in [7, 11) is 0. The molecule has 0 bridgehead atoms. The fraction of sp³-hybridized carbons (Fsp3) is 0.359. The average molecular weight is 778 g/mol. The zero-order chi connectivity index (χ0) is 39.9. The molecule has 3 atom stereocenters. The number of alkyl halides is 4. The van der Waals surface area contributed by atoms with Gasteiger partial charge in [0.2, 0.25) is 5.91 Å². The number of rotatable bonds is 8.